The molecule has 5 nitrogen and oxygen atoms in total. The number of aromatic nitrogens is 1. The molecule has 1 amide bonds. The summed E-state index contributed by atoms with van der Waals surface area (Å²) in [6.45, 7) is 0.570. The van der Waals surface area contributed by atoms with Crippen LogP contribution in [-0.4, -0.2) is 17.4 Å². The smallest absolute Gasteiger partial charge is 0.253 e. The first-order valence-corrected chi connectivity index (χ1v) is 5.75. The molecule has 0 bridgehead atoms. The van der Waals surface area contributed by atoms with Crippen LogP contribution in [0.1, 0.15) is 21.7 Å². The maximum atomic E-state index is 12.0. The van der Waals surface area contributed by atoms with Crippen molar-refractivity contribution >= 4 is 5.91 Å². The molecule has 0 spiro atoms. The second kappa shape index (κ2) is 6.38. The number of rotatable bonds is 3. The van der Waals surface area contributed by atoms with Gasteiger partial charge in [0.25, 0.3) is 5.91 Å². The Morgan fingerprint density at radius 2 is 2.37 bits per heavy atom. The molecule has 19 heavy (non-hydrogen) atoms. The lowest BCUT2D eigenvalue weighted by Crippen LogP contribution is -2.23. The second-order valence-electron chi connectivity index (χ2n) is 3.69. The number of hydrogen-bond acceptors (Lipinski definition) is 4. The minimum absolute atomic E-state index is 0.222. The van der Waals surface area contributed by atoms with E-state index in [0.717, 1.165) is 0 Å². The van der Waals surface area contributed by atoms with Gasteiger partial charge in [0.05, 0.1) is 30.5 Å². The van der Waals surface area contributed by atoms with E-state index in [0.29, 0.717) is 23.4 Å². The van der Waals surface area contributed by atoms with Crippen LogP contribution < -0.4 is 11.1 Å². The third-order valence-electron chi connectivity index (χ3n) is 2.39. The maximum Gasteiger partial charge on any atom is 0.253 e. The van der Waals surface area contributed by atoms with Crippen molar-refractivity contribution in [3.8, 4) is 11.8 Å². The first kappa shape index (κ1) is 12.9. The number of carbonyl (C=O) groups excluding carboxylic acids is 1. The summed E-state index contributed by atoms with van der Waals surface area (Å²) in [6.07, 6.45) is 4.66. The Morgan fingerprint density at radius 1 is 1.47 bits per heavy atom. The standard InChI is InChI=1S/C14H13N3O2/c15-6-1-3-11-9-16-7-5-13(11)14(18)17-10-12-4-2-8-19-12/h2,4-5,7-9H,6,10,15H2,(H,17,18). The molecule has 0 aromatic carbocycles. The average Bonchev–Trinajstić information content (AvgIpc) is 2.96. The third-order valence-corrected chi connectivity index (χ3v) is 2.39. The van der Waals surface area contributed by atoms with Gasteiger partial charge in [0, 0.05) is 12.4 Å². The van der Waals surface area contributed by atoms with E-state index in [9.17, 15) is 4.79 Å². The van der Waals surface area contributed by atoms with E-state index >= 15 is 0 Å². The quantitative estimate of drug-likeness (QED) is 0.799. The maximum absolute atomic E-state index is 12.0. The molecule has 0 aliphatic rings. The van der Waals surface area contributed by atoms with Crippen LogP contribution in [0.3, 0.4) is 0 Å². The normalized spacial score (nSPS) is 9.53. The number of amides is 1. The number of carbonyl (C=O) groups is 1. The molecule has 2 heterocycles. The van der Waals surface area contributed by atoms with Gasteiger partial charge in [-0.15, -0.1) is 0 Å². The molecule has 2 aromatic rings. The van der Waals surface area contributed by atoms with Gasteiger partial charge in [-0.05, 0) is 18.2 Å². The van der Waals surface area contributed by atoms with E-state index in [1.165, 1.54) is 0 Å². The number of nitrogens with two attached hydrogens (primary N) is 1. The fraction of sp³-hybridized carbons (Fsp3) is 0.143. The monoisotopic (exact) mass is 255 g/mol. The summed E-state index contributed by atoms with van der Waals surface area (Å²) >= 11 is 0. The van der Waals surface area contributed by atoms with Crippen molar-refractivity contribution in [1.29, 1.82) is 0 Å². The van der Waals surface area contributed by atoms with Gasteiger partial charge in [0.15, 0.2) is 0 Å². The van der Waals surface area contributed by atoms with E-state index in [1.54, 1.807) is 36.9 Å². The highest BCUT2D eigenvalue weighted by molar-refractivity contribution is 5.96. The minimum Gasteiger partial charge on any atom is -0.467 e. The summed E-state index contributed by atoms with van der Waals surface area (Å²) < 4.78 is 5.14. The van der Waals surface area contributed by atoms with Crippen LogP contribution in [0.5, 0.6) is 0 Å². The van der Waals surface area contributed by atoms with Crippen LogP contribution in [-0.2, 0) is 6.54 Å². The molecule has 0 saturated carbocycles. The van der Waals surface area contributed by atoms with E-state index in [4.69, 9.17) is 10.2 Å². The SMILES string of the molecule is NCC#Cc1cnccc1C(=O)NCc1ccco1. The molecule has 0 atom stereocenters. The van der Waals surface area contributed by atoms with Crippen LogP contribution in [0.4, 0.5) is 0 Å². The number of nitrogens with one attached hydrogen (secondary N) is 1. The molecule has 0 fully saturated rings. The molecule has 0 aliphatic heterocycles. The van der Waals surface area contributed by atoms with E-state index < -0.39 is 0 Å². The zero-order chi connectivity index (χ0) is 13.5. The lowest BCUT2D eigenvalue weighted by molar-refractivity contribution is 0.0947. The number of hydrogen-bond donors (Lipinski definition) is 2. The molecule has 5 heteroatoms. The number of nitrogens with zero attached hydrogens (tertiary/aromatic N) is 1. The zero-order valence-corrected chi connectivity index (χ0v) is 10.2. The highest BCUT2D eigenvalue weighted by atomic mass is 16.3. The molecule has 3 N–H and O–H groups in total. The molecule has 2 aromatic heterocycles. The molecular formula is C14H13N3O2. The van der Waals surface area contributed by atoms with Crippen molar-refractivity contribution in [2.24, 2.45) is 5.73 Å². The van der Waals surface area contributed by atoms with E-state index in [-0.39, 0.29) is 12.5 Å². The molecular weight excluding hydrogens is 242 g/mol. The van der Waals surface area contributed by atoms with Gasteiger partial charge < -0.3 is 15.5 Å². The Morgan fingerprint density at radius 3 is 3.11 bits per heavy atom. The van der Waals surface area contributed by atoms with Crippen LogP contribution >= 0.6 is 0 Å². The molecule has 0 aliphatic carbocycles. The molecule has 96 valence electrons. The van der Waals surface area contributed by atoms with Gasteiger partial charge in [-0.25, -0.2) is 0 Å². The fourth-order valence-electron chi connectivity index (χ4n) is 1.51. The van der Waals surface area contributed by atoms with Crippen molar-refractivity contribution in [3.63, 3.8) is 0 Å². The van der Waals surface area contributed by atoms with Crippen molar-refractivity contribution in [2.75, 3.05) is 6.54 Å². The Hall–Kier alpha value is -2.58. The summed E-state index contributed by atoms with van der Waals surface area (Å²) in [6, 6.07) is 5.19. The van der Waals surface area contributed by atoms with E-state index in [2.05, 4.69) is 22.1 Å². The minimum atomic E-state index is -0.222. The topological polar surface area (TPSA) is 81.1 Å². The highest BCUT2D eigenvalue weighted by Crippen LogP contribution is 2.06. The zero-order valence-electron chi connectivity index (χ0n) is 10.2. The predicted molar refractivity (Wildman–Crippen MR) is 70.0 cm³/mol. The number of furan rings is 1. The van der Waals surface area contributed by atoms with Gasteiger partial charge in [-0.2, -0.15) is 0 Å². The molecule has 0 radical (unpaired) electrons. The Bertz CT molecular complexity index is 609. The average molecular weight is 255 g/mol. The lowest BCUT2D eigenvalue weighted by Gasteiger charge is -2.05. The van der Waals surface area contributed by atoms with Crippen LogP contribution in [0.25, 0.3) is 0 Å². The highest BCUT2D eigenvalue weighted by Gasteiger charge is 2.10. The van der Waals surface area contributed by atoms with Crippen molar-refractivity contribution in [1.82, 2.24) is 10.3 Å². The van der Waals surface area contributed by atoms with Crippen LogP contribution in [0.15, 0.2) is 41.3 Å². The third kappa shape index (κ3) is 3.44. The lowest BCUT2D eigenvalue weighted by atomic mass is 10.1. The van der Waals surface area contributed by atoms with Gasteiger partial charge in [-0.1, -0.05) is 11.8 Å². The van der Waals surface area contributed by atoms with E-state index in [1.807, 2.05) is 0 Å². The predicted octanol–water partition coefficient (Wildman–Crippen LogP) is 0.915. The number of pyridine rings is 1. The summed E-state index contributed by atoms with van der Waals surface area (Å²) in [5.74, 6) is 6.00. The molecule has 2 rings (SSSR count). The fourth-order valence-corrected chi connectivity index (χ4v) is 1.51. The Kier molecular flexibility index (Phi) is 4.32. The van der Waals surface area contributed by atoms with Crippen LogP contribution in [0.2, 0.25) is 0 Å². The molecule has 0 unspecified atom stereocenters. The van der Waals surface area contributed by atoms with Crippen molar-refractivity contribution < 1.29 is 9.21 Å². The Balaban J connectivity index is 2.10. The van der Waals surface area contributed by atoms with Crippen molar-refractivity contribution in [2.45, 2.75) is 6.54 Å². The van der Waals surface area contributed by atoms with Crippen LogP contribution in [0, 0.1) is 11.8 Å². The first-order chi connectivity index (χ1) is 9.31. The molecule has 0 saturated heterocycles. The summed E-state index contributed by atoms with van der Waals surface area (Å²) in [7, 11) is 0. The second-order valence-corrected chi connectivity index (χ2v) is 3.69. The van der Waals surface area contributed by atoms with Crippen molar-refractivity contribution in [3.05, 3.63) is 53.7 Å². The first-order valence-electron chi connectivity index (χ1n) is 5.75. The summed E-state index contributed by atoms with van der Waals surface area (Å²) in [5.41, 5.74) is 6.35. The largest absolute Gasteiger partial charge is 0.467 e. The summed E-state index contributed by atoms with van der Waals surface area (Å²) in [4.78, 5) is 16.0. The Labute approximate surface area is 110 Å². The van der Waals surface area contributed by atoms with Gasteiger partial charge in [0.1, 0.15) is 5.76 Å². The van der Waals surface area contributed by atoms with Gasteiger partial charge >= 0.3 is 0 Å². The van der Waals surface area contributed by atoms with Gasteiger partial charge in [0.2, 0.25) is 0 Å². The van der Waals surface area contributed by atoms with Gasteiger partial charge in [-0.3, -0.25) is 9.78 Å². The summed E-state index contributed by atoms with van der Waals surface area (Å²) in [5, 5.41) is 2.76.